The molecule has 0 unspecified atom stereocenters. The molecule has 0 aliphatic heterocycles. The molecular formula is C16H18N2O2. The topological polar surface area (TPSA) is 62.0 Å². The maximum Gasteiger partial charge on any atom is 0.256 e. The number of carbonyl (C=O) groups excluding carboxylic acids is 1. The van der Waals surface area contributed by atoms with E-state index in [4.69, 9.17) is 0 Å². The molecule has 1 aromatic heterocycles. The van der Waals surface area contributed by atoms with Crippen molar-refractivity contribution in [3.8, 4) is 0 Å². The first-order chi connectivity index (χ1) is 9.58. The summed E-state index contributed by atoms with van der Waals surface area (Å²) >= 11 is 0. The van der Waals surface area contributed by atoms with Crippen LogP contribution in [-0.2, 0) is 6.42 Å². The summed E-state index contributed by atoms with van der Waals surface area (Å²) in [4.78, 5) is 26.5. The van der Waals surface area contributed by atoms with Gasteiger partial charge in [0, 0.05) is 24.5 Å². The molecule has 0 aliphatic carbocycles. The molecule has 1 heterocycles. The summed E-state index contributed by atoms with van der Waals surface area (Å²) in [7, 11) is 0. The van der Waals surface area contributed by atoms with Gasteiger partial charge in [-0.05, 0) is 31.4 Å². The van der Waals surface area contributed by atoms with Crippen LogP contribution < -0.4 is 10.7 Å². The molecule has 104 valence electrons. The van der Waals surface area contributed by atoms with Crippen molar-refractivity contribution in [1.29, 1.82) is 0 Å². The highest BCUT2D eigenvalue weighted by Crippen LogP contribution is 2.06. The number of aromatic nitrogens is 1. The lowest BCUT2D eigenvalue weighted by Gasteiger charge is -2.07. The van der Waals surface area contributed by atoms with E-state index >= 15 is 0 Å². The molecule has 0 spiro atoms. The maximum atomic E-state index is 11.9. The molecule has 0 bridgehead atoms. The van der Waals surface area contributed by atoms with Gasteiger partial charge in [0.1, 0.15) is 5.56 Å². The van der Waals surface area contributed by atoms with E-state index in [1.54, 1.807) is 6.92 Å². The lowest BCUT2D eigenvalue weighted by Crippen LogP contribution is -2.30. The second-order valence-corrected chi connectivity index (χ2v) is 4.83. The van der Waals surface area contributed by atoms with Crippen molar-refractivity contribution in [3.63, 3.8) is 0 Å². The Hall–Kier alpha value is -2.36. The average molecular weight is 270 g/mol. The lowest BCUT2D eigenvalue weighted by molar-refractivity contribution is 0.0952. The summed E-state index contributed by atoms with van der Waals surface area (Å²) in [6.45, 7) is 4.33. The van der Waals surface area contributed by atoms with E-state index in [1.807, 2.05) is 31.2 Å². The minimum atomic E-state index is -0.333. The Morgan fingerprint density at radius 2 is 2.00 bits per heavy atom. The molecule has 1 amide bonds. The molecule has 2 rings (SSSR count). The van der Waals surface area contributed by atoms with Gasteiger partial charge in [0.2, 0.25) is 0 Å². The molecule has 0 aliphatic rings. The number of carbonyl (C=O) groups is 1. The molecule has 4 nitrogen and oxygen atoms in total. The van der Waals surface area contributed by atoms with Crippen molar-refractivity contribution >= 4 is 5.91 Å². The standard InChI is InChI=1S/C16H18N2O2/c1-11-5-3-4-6-13(11)7-8-17-16(20)14-10-18-12(2)9-15(14)19/h3-6,9-10H,7-8H2,1-2H3,(H,17,20)(H,18,19). The zero-order valence-electron chi connectivity index (χ0n) is 11.7. The minimum absolute atomic E-state index is 0.153. The number of hydrogen-bond donors (Lipinski definition) is 2. The molecule has 4 heteroatoms. The fourth-order valence-corrected chi connectivity index (χ4v) is 2.05. The predicted molar refractivity (Wildman–Crippen MR) is 79.0 cm³/mol. The zero-order chi connectivity index (χ0) is 14.5. The van der Waals surface area contributed by atoms with Gasteiger partial charge in [0.15, 0.2) is 5.43 Å². The Kier molecular flexibility index (Phi) is 4.35. The van der Waals surface area contributed by atoms with Crippen molar-refractivity contribution in [2.24, 2.45) is 0 Å². The number of aromatic amines is 1. The summed E-state index contributed by atoms with van der Waals surface area (Å²) < 4.78 is 0. The molecule has 0 radical (unpaired) electrons. The van der Waals surface area contributed by atoms with E-state index in [9.17, 15) is 9.59 Å². The average Bonchev–Trinajstić information content (AvgIpc) is 2.40. The van der Waals surface area contributed by atoms with Crippen molar-refractivity contribution in [3.05, 3.63) is 69.1 Å². The molecule has 0 fully saturated rings. The van der Waals surface area contributed by atoms with Crippen LogP contribution in [0.4, 0.5) is 0 Å². The molecule has 2 N–H and O–H groups in total. The van der Waals surface area contributed by atoms with Gasteiger partial charge in [-0.3, -0.25) is 9.59 Å². The van der Waals surface area contributed by atoms with Crippen molar-refractivity contribution < 1.29 is 4.79 Å². The lowest BCUT2D eigenvalue weighted by atomic mass is 10.1. The summed E-state index contributed by atoms with van der Waals surface area (Å²) in [6.07, 6.45) is 2.21. The monoisotopic (exact) mass is 270 g/mol. The van der Waals surface area contributed by atoms with Crippen LogP contribution in [0.1, 0.15) is 27.2 Å². The SMILES string of the molecule is Cc1cc(=O)c(C(=O)NCCc2ccccc2C)c[nH]1. The zero-order valence-corrected chi connectivity index (χ0v) is 11.7. The summed E-state index contributed by atoms with van der Waals surface area (Å²) in [5.74, 6) is -0.333. The number of rotatable bonds is 4. The third kappa shape index (κ3) is 3.35. The fraction of sp³-hybridized carbons (Fsp3) is 0.250. The third-order valence-electron chi connectivity index (χ3n) is 3.24. The smallest absolute Gasteiger partial charge is 0.256 e. The largest absolute Gasteiger partial charge is 0.364 e. The Labute approximate surface area is 117 Å². The summed E-state index contributed by atoms with van der Waals surface area (Å²) in [6, 6.07) is 9.48. The third-order valence-corrected chi connectivity index (χ3v) is 3.24. The van der Waals surface area contributed by atoms with Crippen molar-refractivity contribution in [1.82, 2.24) is 10.3 Å². The van der Waals surface area contributed by atoms with Gasteiger partial charge in [-0.25, -0.2) is 0 Å². The molecule has 1 aromatic carbocycles. The highest BCUT2D eigenvalue weighted by Gasteiger charge is 2.09. The number of amides is 1. The first-order valence-corrected chi connectivity index (χ1v) is 6.60. The minimum Gasteiger partial charge on any atom is -0.364 e. The molecule has 0 saturated heterocycles. The molecule has 0 atom stereocenters. The van der Waals surface area contributed by atoms with Crippen LogP contribution in [0.5, 0.6) is 0 Å². The van der Waals surface area contributed by atoms with Crippen LogP contribution in [0.2, 0.25) is 0 Å². The van der Waals surface area contributed by atoms with Crippen LogP contribution in [0.3, 0.4) is 0 Å². The van der Waals surface area contributed by atoms with Crippen LogP contribution in [-0.4, -0.2) is 17.4 Å². The molecule has 2 aromatic rings. The van der Waals surface area contributed by atoms with Gasteiger partial charge >= 0.3 is 0 Å². The highest BCUT2D eigenvalue weighted by atomic mass is 16.2. The quantitative estimate of drug-likeness (QED) is 0.892. The van der Waals surface area contributed by atoms with Crippen LogP contribution >= 0.6 is 0 Å². The number of aryl methyl sites for hydroxylation is 2. The van der Waals surface area contributed by atoms with Crippen LogP contribution in [0, 0.1) is 13.8 Å². The van der Waals surface area contributed by atoms with E-state index in [2.05, 4.69) is 10.3 Å². The number of pyridine rings is 1. The van der Waals surface area contributed by atoms with Crippen molar-refractivity contribution in [2.45, 2.75) is 20.3 Å². The van der Waals surface area contributed by atoms with Crippen LogP contribution in [0.15, 0.2) is 41.3 Å². The molecule has 20 heavy (non-hydrogen) atoms. The molecule has 0 saturated carbocycles. The maximum absolute atomic E-state index is 11.9. The second kappa shape index (κ2) is 6.19. The number of hydrogen-bond acceptors (Lipinski definition) is 2. The van der Waals surface area contributed by atoms with E-state index in [1.165, 1.54) is 23.4 Å². The Morgan fingerprint density at radius 1 is 1.25 bits per heavy atom. The van der Waals surface area contributed by atoms with Gasteiger partial charge < -0.3 is 10.3 Å². The Balaban J connectivity index is 1.96. The van der Waals surface area contributed by atoms with Crippen LogP contribution in [0.25, 0.3) is 0 Å². The summed E-state index contributed by atoms with van der Waals surface area (Å²) in [5, 5.41) is 2.78. The van der Waals surface area contributed by atoms with E-state index in [-0.39, 0.29) is 16.9 Å². The predicted octanol–water partition coefficient (Wildman–Crippen LogP) is 1.96. The van der Waals surface area contributed by atoms with Gasteiger partial charge in [0.25, 0.3) is 5.91 Å². The second-order valence-electron chi connectivity index (χ2n) is 4.83. The van der Waals surface area contributed by atoms with Gasteiger partial charge in [-0.15, -0.1) is 0 Å². The van der Waals surface area contributed by atoms with Gasteiger partial charge in [-0.1, -0.05) is 24.3 Å². The first-order valence-electron chi connectivity index (χ1n) is 6.60. The summed E-state index contributed by atoms with van der Waals surface area (Å²) in [5.41, 5.74) is 3.04. The van der Waals surface area contributed by atoms with E-state index < -0.39 is 0 Å². The van der Waals surface area contributed by atoms with Gasteiger partial charge in [-0.2, -0.15) is 0 Å². The Morgan fingerprint density at radius 3 is 2.70 bits per heavy atom. The van der Waals surface area contributed by atoms with E-state index in [0.717, 1.165) is 12.1 Å². The number of nitrogens with one attached hydrogen (secondary N) is 2. The number of benzene rings is 1. The van der Waals surface area contributed by atoms with Gasteiger partial charge in [0.05, 0.1) is 0 Å². The van der Waals surface area contributed by atoms with Crippen molar-refractivity contribution in [2.75, 3.05) is 6.54 Å². The fourth-order valence-electron chi connectivity index (χ4n) is 2.05. The highest BCUT2D eigenvalue weighted by molar-refractivity contribution is 5.93. The van der Waals surface area contributed by atoms with E-state index in [0.29, 0.717) is 6.54 Å². The normalized spacial score (nSPS) is 10.3. The molecular weight excluding hydrogens is 252 g/mol. The first kappa shape index (κ1) is 14.1. The Bertz CT molecular complexity index is 674. The number of H-pyrrole nitrogens is 1.